The second-order valence-corrected chi connectivity index (χ2v) is 5.88. The van der Waals surface area contributed by atoms with E-state index in [1.807, 2.05) is 11.8 Å². The second-order valence-electron chi connectivity index (χ2n) is 4.88. The number of thioether (sulfide) groups is 1. The van der Waals surface area contributed by atoms with Crippen LogP contribution in [0.25, 0.3) is 0 Å². The van der Waals surface area contributed by atoms with Crippen molar-refractivity contribution in [1.29, 1.82) is 0 Å². The van der Waals surface area contributed by atoms with E-state index >= 15 is 0 Å². The Morgan fingerprint density at radius 2 is 2.07 bits per heavy atom. The van der Waals surface area contributed by atoms with Crippen molar-refractivity contribution in [1.82, 2.24) is 5.32 Å². The molecule has 0 radical (unpaired) electrons. The average molecular weight is 228 g/mol. The van der Waals surface area contributed by atoms with Gasteiger partial charge >= 0.3 is 0 Å². The van der Waals surface area contributed by atoms with E-state index in [0.29, 0.717) is 23.9 Å². The molecule has 1 N–H and O–H groups in total. The Balaban J connectivity index is 2.43. The summed E-state index contributed by atoms with van der Waals surface area (Å²) in [6.07, 6.45) is 1.22. The van der Waals surface area contributed by atoms with Gasteiger partial charge in [-0.2, -0.15) is 0 Å². The first-order chi connectivity index (χ1) is 7.04. The molecule has 0 aromatic carbocycles. The topological polar surface area (TPSA) is 24.4 Å². The third kappa shape index (κ3) is 3.71. The van der Waals surface area contributed by atoms with Gasteiger partial charge in [-0.05, 0) is 18.8 Å². The van der Waals surface area contributed by atoms with E-state index in [2.05, 4.69) is 39.9 Å². The largest absolute Gasteiger partial charge is 0.362 e. The molecule has 0 aliphatic carbocycles. The molecule has 0 aromatic heterocycles. The zero-order valence-electron chi connectivity index (χ0n) is 10.6. The van der Waals surface area contributed by atoms with Gasteiger partial charge in [-0.1, -0.05) is 45.9 Å². The van der Waals surface area contributed by atoms with Crippen LogP contribution in [0.5, 0.6) is 0 Å². The Labute approximate surface area is 98.3 Å². The number of hydrogen-bond acceptors (Lipinski definition) is 3. The molecule has 15 heavy (non-hydrogen) atoms. The van der Waals surface area contributed by atoms with E-state index < -0.39 is 0 Å². The molecule has 1 heterocycles. The van der Waals surface area contributed by atoms with Gasteiger partial charge in [0, 0.05) is 11.8 Å². The molecule has 1 aliphatic rings. The summed E-state index contributed by atoms with van der Waals surface area (Å²) >= 11 is 1.87. The molecule has 3 unspecified atom stereocenters. The summed E-state index contributed by atoms with van der Waals surface area (Å²) in [4.78, 5) is 4.71. The van der Waals surface area contributed by atoms with Gasteiger partial charge in [-0.25, -0.2) is 0 Å². The van der Waals surface area contributed by atoms with Crippen molar-refractivity contribution >= 4 is 16.9 Å². The summed E-state index contributed by atoms with van der Waals surface area (Å²) in [6.45, 7) is 11.3. The molecule has 3 atom stereocenters. The normalized spacial score (nSPS) is 25.2. The van der Waals surface area contributed by atoms with Crippen LogP contribution in [-0.2, 0) is 0 Å². The monoisotopic (exact) mass is 228 g/mol. The Kier molecular flexibility index (Phi) is 4.97. The second kappa shape index (κ2) is 5.78. The number of aliphatic imine (C=N–C) groups is 1. The molecule has 1 aliphatic heterocycles. The molecule has 0 saturated carbocycles. The van der Waals surface area contributed by atoms with Crippen LogP contribution < -0.4 is 5.32 Å². The van der Waals surface area contributed by atoms with E-state index in [-0.39, 0.29) is 0 Å². The zero-order valence-corrected chi connectivity index (χ0v) is 11.4. The van der Waals surface area contributed by atoms with Crippen LogP contribution in [0.4, 0.5) is 0 Å². The molecule has 0 spiro atoms. The minimum atomic E-state index is 0.515. The maximum absolute atomic E-state index is 4.71. The summed E-state index contributed by atoms with van der Waals surface area (Å²) in [5.41, 5.74) is 0. The fourth-order valence-corrected chi connectivity index (χ4v) is 2.77. The molecule has 0 fully saturated rings. The van der Waals surface area contributed by atoms with Gasteiger partial charge in [0.05, 0.1) is 6.04 Å². The summed E-state index contributed by atoms with van der Waals surface area (Å²) in [6, 6.07) is 1.05. The maximum Gasteiger partial charge on any atom is 0.157 e. The van der Waals surface area contributed by atoms with Crippen LogP contribution in [0.3, 0.4) is 0 Å². The van der Waals surface area contributed by atoms with Crippen molar-refractivity contribution in [3.05, 3.63) is 0 Å². The van der Waals surface area contributed by atoms with Gasteiger partial charge in [0.25, 0.3) is 0 Å². The van der Waals surface area contributed by atoms with Crippen molar-refractivity contribution in [2.75, 3.05) is 5.75 Å². The SMILES string of the molecule is CCC(C)C(C)NC1=NC(C(C)C)CS1. The fourth-order valence-electron chi connectivity index (χ4n) is 1.50. The van der Waals surface area contributed by atoms with Crippen LogP contribution in [0, 0.1) is 11.8 Å². The quantitative estimate of drug-likeness (QED) is 0.799. The minimum absolute atomic E-state index is 0.515. The Hall–Kier alpha value is -0.180. The highest BCUT2D eigenvalue weighted by molar-refractivity contribution is 8.14. The first-order valence-corrected chi connectivity index (χ1v) is 7.00. The number of amidine groups is 1. The Morgan fingerprint density at radius 3 is 2.53 bits per heavy atom. The molecule has 0 saturated heterocycles. The van der Waals surface area contributed by atoms with Crippen LogP contribution in [0.2, 0.25) is 0 Å². The number of nitrogens with one attached hydrogen (secondary N) is 1. The standard InChI is InChI=1S/C12H24N2S/c1-6-9(4)10(5)13-12-14-11(7-15-12)8(2)3/h8-11H,6-7H2,1-5H3,(H,13,14). The molecule has 0 aromatic rings. The highest BCUT2D eigenvalue weighted by Gasteiger charge is 2.22. The molecule has 0 amide bonds. The summed E-state index contributed by atoms with van der Waals surface area (Å²) < 4.78 is 0. The number of nitrogens with zero attached hydrogens (tertiary/aromatic N) is 1. The lowest BCUT2D eigenvalue weighted by molar-refractivity contribution is 0.438. The Bertz CT molecular complexity index is 226. The molecule has 1 rings (SSSR count). The third-order valence-electron chi connectivity index (χ3n) is 3.29. The summed E-state index contributed by atoms with van der Waals surface area (Å²) in [7, 11) is 0. The van der Waals surface area contributed by atoms with Crippen molar-refractivity contribution in [2.24, 2.45) is 16.8 Å². The number of rotatable bonds is 4. The van der Waals surface area contributed by atoms with E-state index in [9.17, 15) is 0 Å². The number of hydrogen-bond donors (Lipinski definition) is 1. The predicted octanol–water partition coefficient (Wildman–Crippen LogP) is 3.14. The van der Waals surface area contributed by atoms with Crippen molar-refractivity contribution in [2.45, 2.75) is 53.1 Å². The molecule has 3 heteroatoms. The van der Waals surface area contributed by atoms with Gasteiger partial charge in [0.15, 0.2) is 5.17 Å². The van der Waals surface area contributed by atoms with Gasteiger partial charge in [0.1, 0.15) is 0 Å². The fraction of sp³-hybridized carbons (Fsp3) is 0.917. The lowest BCUT2D eigenvalue weighted by Gasteiger charge is -2.20. The lowest BCUT2D eigenvalue weighted by atomic mass is 10.0. The molecular formula is C12H24N2S. The van der Waals surface area contributed by atoms with Crippen LogP contribution in [0.1, 0.15) is 41.0 Å². The van der Waals surface area contributed by atoms with Gasteiger partial charge < -0.3 is 5.32 Å². The van der Waals surface area contributed by atoms with E-state index in [4.69, 9.17) is 4.99 Å². The highest BCUT2D eigenvalue weighted by Crippen LogP contribution is 2.22. The highest BCUT2D eigenvalue weighted by atomic mass is 32.2. The first-order valence-electron chi connectivity index (χ1n) is 6.01. The van der Waals surface area contributed by atoms with Crippen molar-refractivity contribution < 1.29 is 0 Å². The van der Waals surface area contributed by atoms with Gasteiger partial charge in [0.2, 0.25) is 0 Å². The predicted molar refractivity (Wildman–Crippen MR) is 70.6 cm³/mol. The Morgan fingerprint density at radius 1 is 1.40 bits per heavy atom. The van der Waals surface area contributed by atoms with E-state index in [1.54, 1.807) is 0 Å². The summed E-state index contributed by atoms with van der Waals surface area (Å²) in [5, 5.41) is 4.68. The summed E-state index contributed by atoms with van der Waals surface area (Å²) in [5.74, 6) is 2.52. The molecular weight excluding hydrogens is 204 g/mol. The van der Waals surface area contributed by atoms with E-state index in [0.717, 1.165) is 10.9 Å². The van der Waals surface area contributed by atoms with Crippen molar-refractivity contribution in [3.8, 4) is 0 Å². The third-order valence-corrected chi connectivity index (χ3v) is 4.30. The van der Waals surface area contributed by atoms with Crippen LogP contribution in [0.15, 0.2) is 4.99 Å². The molecule has 88 valence electrons. The van der Waals surface area contributed by atoms with Crippen LogP contribution >= 0.6 is 11.8 Å². The van der Waals surface area contributed by atoms with Gasteiger partial charge in [-0.3, -0.25) is 4.99 Å². The van der Waals surface area contributed by atoms with Crippen molar-refractivity contribution in [3.63, 3.8) is 0 Å². The smallest absolute Gasteiger partial charge is 0.157 e. The lowest BCUT2D eigenvalue weighted by Crippen LogP contribution is -2.34. The van der Waals surface area contributed by atoms with Gasteiger partial charge in [-0.15, -0.1) is 0 Å². The van der Waals surface area contributed by atoms with Crippen LogP contribution in [-0.4, -0.2) is 23.0 Å². The zero-order chi connectivity index (χ0) is 11.4. The van der Waals surface area contributed by atoms with E-state index in [1.165, 1.54) is 6.42 Å². The molecule has 0 bridgehead atoms. The average Bonchev–Trinajstić information content (AvgIpc) is 2.65. The minimum Gasteiger partial charge on any atom is -0.362 e. The first kappa shape index (κ1) is 12.9. The molecule has 2 nitrogen and oxygen atoms in total. The maximum atomic E-state index is 4.71.